The van der Waals surface area contributed by atoms with Gasteiger partial charge in [-0.1, -0.05) is 79.0 Å². The Kier molecular flexibility index (Phi) is 26.9. The van der Waals surface area contributed by atoms with Crippen molar-refractivity contribution in [3.63, 3.8) is 0 Å². The van der Waals surface area contributed by atoms with Crippen LogP contribution in [0.1, 0.15) is 79.4 Å². The normalized spacial score (nSPS) is 13.1. The second-order valence-electron chi connectivity index (χ2n) is 5.33. The highest BCUT2D eigenvalue weighted by atomic mass is 15.3. The van der Waals surface area contributed by atoms with E-state index in [1.54, 1.807) is 0 Å². The maximum absolute atomic E-state index is 5.15. The van der Waals surface area contributed by atoms with E-state index in [0.29, 0.717) is 0 Å². The van der Waals surface area contributed by atoms with E-state index in [1.165, 1.54) is 51.3 Å². The largest absolute Gasteiger partial charge is 0.291 e. The molecule has 0 bridgehead atoms. The fourth-order valence-corrected chi connectivity index (χ4v) is 2.35. The van der Waals surface area contributed by atoms with E-state index >= 15 is 0 Å². The molecule has 1 fully saturated rings. The first-order valence-corrected chi connectivity index (χ1v) is 10.7. The molecule has 152 valence electrons. The fraction of sp³-hybridized carbons (Fsp3) is 0.667. The van der Waals surface area contributed by atoms with Crippen LogP contribution in [0, 0.1) is 19.3 Å². The van der Waals surface area contributed by atoms with Gasteiger partial charge in [-0.3, -0.25) is 9.80 Å². The van der Waals surface area contributed by atoms with Gasteiger partial charge in [0, 0.05) is 18.7 Å². The zero-order valence-corrected chi connectivity index (χ0v) is 19.2. The maximum Gasteiger partial charge on any atom is 0.0506 e. The summed E-state index contributed by atoms with van der Waals surface area (Å²) in [5.41, 5.74) is 2.19. The maximum atomic E-state index is 5.15. The lowest BCUT2D eigenvalue weighted by molar-refractivity contribution is 0.0907. The molecule has 0 spiro atoms. The number of terminal acetylenes is 1. The Bertz CT molecular complexity index is 401. The number of nitrogens with zero attached hydrogens (tertiary/aromatic N) is 2. The minimum absolute atomic E-state index is 0.945. The Morgan fingerprint density at radius 3 is 1.81 bits per heavy atom. The van der Waals surface area contributed by atoms with E-state index in [2.05, 4.69) is 29.6 Å². The molecule has 0 radical (unpaired) electrons. The summed E-state index contributed by atoms with van der Waals surface area (Å²) in [6, 6.07) is 7.90. The fourth-order valence-electron chi connectivity index (χ4n) is 2.35. The molecule has 2 heteroatoms. The molecular formula is C24H46N2. The molecule has 1 aromatic rings. The molecule has 2 nitrogen and oxygen atoms in total. The summed E-state index contributed by atoms with van der Waals surface area (Å²) in [4.78, 5) is 5.06. The van der Waals surface area contributed by atoms with E-state index < -0.39 is 0 Å². The summed E-state index contributed by atoms with van der Waals surface area (Å²) in [6.45, 7) is 24.8. The Hall–Kier alpha value is -1.30. The molecule has 1 heterocycles. The lowest BCUT2D eigenvalue weighted by Gasteiger charge is -2.34. The predicted octanol–water partition coefficient (Wildman–Crippen LogP) is 6.44. The zero-order valence-electron chi connectivity index (χ0n) is 19.2. The molecular weight excluding hydrogens is 316 g/mol. The van der Waals surface area contributed by atoms with Crippen LogP contribution in [0.3, 0.4) is 0 Å². The summed E-state index contributed by atoms with van der Waals surface area (Å²) in [5, 5.41) is 0. The van der Waals surface area contributed by atoms with Crippen molar-refractivity contribution >= 4 is 0 Å². The topological polar surface area (TPSA) is 6.48 Å². The Labute approximate surface area is 166 Å². The minimum atomic E-state index is 0.945. The van der Waals surface area contributed by atoms with Gasteiger partial charge in [-0.2, -0.15) is 0 Å². The summed E-state index contributed by atoms with van der Waals surface area (Å²) < 4.78 is 0. The van der Waals surface area contributed by atoms with Crippen molar-refractivity contribution in [3.8, 4) is 12.3 Å². The lowest BCUT2D eigenvalue weighted by Crippen LogP contribution is -2.44. The molecule has 0 amide bonds. The van der Waals surface area contributed by atoms with E-state index in [0.717, 1.165) is 5.56 Å². The molecule has 1 aliphatic heterocycles. The highest BCUT2D eigenvalue weighted by Crippen LogP contribution is 2.05. The molecule has 26 heavy (non-hydrogen) atoms. The van der Waals surface area contributed by atoms with Crippen LogP contribution in [-0.4, -0.2) is 42.6 Å². The predicted molar refractivity (Wildman–Crippen MR) is 122 cm³/mol. The third kappa shape index (κ3) is 16.2. The van der Waals surface area contributed by atoms with Crippen molar-refractivity contribution in [1.29, 1.82) is 0 Å². The summed E-state index contributed by atoms with van der Waals surface area (Å²) in [5.74, 6) is 2.55. The van der Waals surface area contributed by atoms with Crippen molar-refractivity contribution < 1.29 is 0 Å². The number of rotatable bonds is 3. The van der Waals surface area contributed by atoms with Crippen molar-refractivity contribution in [2.75, 3.05) is 32.8 Å². The molecule has 0 saturated carbocycles. The second-order valence-corrected chi connectivity index (χ2v) is 5.33. The molecule has 0 aliphatic carbocycles. The van der Waals surface area contributed by atoms with Crippen LogP contribution in [0.15, 0.2) is 24.3 Å². The van der Waals surface area contributed by atoms with Gasteiger partial charge in [-0.15, -0.1) is 6.42 Å². The number of hydrogen-bond donors (Lipinski definition) is 0. The second kappa shape index (κ2) is 23.7. The summed E-state index contributed by atoms with van der Waals surface area (Å²) >= 11 is 0. The molecule has 0 N–H and O–H groups in total. The molecule has 0 atom stereocenters. The van der Waals surface area contributed by atoms with Gasteiger partial charge in [0.2, 0.25) is 0 Å². The monoisotopic (exact) mass is 362 g/mol. The SMILES string of the molecule is C#Cc1ccc(C)cc1.CC.CC.CC.CCCN1CCCN(CC)C1. The van der Waals surface area contributed by atoms with E-state index in [9.17, 15) is 0 Å². The Morgan fingerprint density at radius 1 is 0.885 bits per heavy atom. The van der Waals surface area contributed by atoms with Gasteiger partial charge >= 0.3 is 0 Å². The van der Waals surface area contributed by atoms with Crippen molar-refractivity contribution in [2.24, 2.45) is 0 Å². The molecule has 1 aliphatic rings. The molecule has 0 aromatic heterocycles. The molecule has 2 rings (SSSR count). The number of benzene rings is 1. The standard InChI is InChI=1S/C9H20N2.C9H8.3C2H6/c1-3-6-11-8-5-7-10(4-2)9-11;1-3-9-6-4-8(2)5-7-9;3*1-2/h3-9H2,1-2H3;1,4-7H,2H3;3*1-2H3. The number of hydrogen-bond acceptors (Lipinski definition) is 2. The van der Waals surface area contributed by atoms with Gasteiger partial charge in [0.05, 0.1) is 6.67 Å². The molecule has 1 saturated heterocycles. The van der Waals surface area contributed by atoms with Crippen molar-refractivity contribution in [1.82, 2.24) is 9.80 Å². The quantitative estimate of drug-likeness (QED) is 0.571. The zero-order chi connectivity index (χ0) is 20.8. The van der Waals surface area contributed by atoms with E-state index in [-0.39, 0.29) is 0 Å². The van der Waals surface area contributed by atoms with Crippen LogP contribution < -0.4 is 0 Å². The minimum Gasteiger partial charge on any atom is -0.291 e. The highest BCUT2D eigenvalue weighted by molar-refractivity contribution is 5.33. The van der Waals surface area contributed by atoms with E-state index in [1.807, 2.05) is 72.7 Å². The van der Waals surface area contributed by atoms with Gasteiger partial charge in [-0.25, -0.2) is 0 Å². The first-order valence-electron chi connectivity index (χ1n) is 10.7. The van der Waals surface area contributed by atoms with Gasteiger partial charge < -0.3 is 0 Å². The smallest absolute Gasteiger partial charge is 0.0506 e. The molecule has 0 unspecified atom stereocenters. The average molecular weight is 363 g/mol. The van der Waals surface area contributed by atoms with Gasteiger partial charge in [0.1, 0.15) is 0 Å². The van der Waals surface area contributed by atoms with Crippen LogP contribution in [0.4, 0.5) is 0 Å². The first kappa shape index (κ1) is 29.5. The lowest BCUT2D eigenvalue weighted by atomic mass is 10.2. The van der Waals surface area contributed by atoms with Crippen LogP contribution in [0.25, 0.3) is 0 Å². The van der Waals surface area contributed by atoms with Crippen molar-refractivity contribution in [2.45, 2.75) is 75.2 Å². The summed E-state index contributed by atoms with van der Waals surface area (Å²) in [7, 11) is 0. The van der Waals surface area contributed by atoms with Crippen LogP contribution in [0.5, 0.6) is 0 Å². The Morgan fingerprint density at radius 2 is 1.38 bits per heavy atom. The first-order chi connectivity index (χ1) is 12.7. The van der Waals surface area contributed by atoms with E-state index in [4.69, 9.17) is 6.42 Å². The summed E-state index contributed by atoms with van der Waals surface area (Å²) in [6.07, 6.45) is 7.79. The Balaban J connectivity index is -0.000000319. The third-order valence-corrected chi connectivity index (χ3v) is 3.55. The number of aryl methyl sites for hydroxylation is 1. The van der Waals surface area contributed by atoms with Gasteiger partial charge in [0.25, 0.3) is 0 Å². The third-order valence-electron chi connectivity index (χ3n) is 3.55. The van der Waals surface area contributed by atoms with Gasteiger partial charge in [-0.05, 0) is 45.0 Å². The highest BCUT2D eigenvalue weighted by Gasteiger charge is 2.13. The average Bonchev–Trinajstić information content (AvgIpc) is 2.74. The van der Waals surface area contributed by atoms with Gasteiger partial charge in [0.15, 0.2) is 0 Å². The van der Waals surface area contributed by atoms with Crippen LogP contribution in [0.2, 0.25) is 0 Å². The van der Waals surface area contributed by atoms with Crippen molar-refractivity contribution in [3.05, 3.63) is 35.4 Å². The van der Waals surface area contributed by atoms with Crippen LogP contribution in [-0.2, 0) is 0 Å². The van der Waals surface area contributed by atoms with Crippen LogP contribution >= 0.6 is 0 Å². The molecule has 1 aromatic carbocycles.